The van der Waals surface area contributed by atoms with Crippen molar-refractivity contribution in [2.45, 2.75) is 6.92 Å². The summed E-state index contributed by atoms with van der Waals surface area (Å²) in [4.78, 5) is 2.43. The van der Waals surface area contributed by atoms with Crippen LogP contribution in [-0.4, -0.2) is 36.0 Å². The molecule has 1 aliphatic rings. The number of aromatic nitrogens is 2. The molecule has 0 amide bonds. The summed E-state index contributed by atoms with van der Waals surface area (Å²) in [5.41, 5.74) is 5.93. The van der Waals surface area contributed by atoms with Gasteiger partial charge in [-0.15, -0.1) is 0 Å². The van der Waals surface area contributed by atoms with Gasteiger partial charge in [0.2, 0.25) is 0 Å². The summed E-state index contributed by atoms with van der Waals surface area (Å²) < 4.78 is 2.06. The van der Waals surface area contributed by atoms with Gasteiger partial charge in [0.1, 0.15) is 0 Å². The Labute approximate surface area is 142 Å². The molecular weight excluding hydrogens is 296 g/mol. The van der Waals surface area contributed by atoms with E-state index in [0.29, 0.717) is 0 Å². The summed E-state index contributed by atoms with van der Waals surface area (Å²) >= 11 is 0. The molecule has 0 bridgehead atoms. The van der Waals surface area contributed by atoms with Gasteiger partial charge in [0.05, 0.1) is 23.3 Å². The van der Waals surface area contributed by atoms with E-state index < -0.39 is 0 Å². The second-order valence-electron chi connectivity index (χ2n) is 6.23. The second-order valence-corrected chi connectivity index (χ2v) is 6.23. The Hall–Kier alpha value is -2.59. The fourth-order valence-electron chi connectivity index (χ4n) is 3.22. The normalized spacial score (nSPS) is 14.8. The van der Waals surface area contributed by atoms with Crippen LogP contribution in [-0.2, 0) is 0 Å². The highest BCUT2D eigenvalue weighted by Gasteiger charge is 2.20. The maximum atomic E-state index is 4.72. The maximum absolute atomic E-state index is 4.72. The average Bonchev–Trinajstić information content (AvgIpc) is 3.09. The van der Waals surface area contributed by atoms with Crippen molar-refractivity contribution in [3.63, 3.8) is 0 Å². The van der Waals surface area contributed by atoms with E-state index >= 15 is 0 Å². The molecule has 0 aliphatic carbocycles. The summed E-state index contributed by atoms with van der Waals surface area (Å²) in [7, 11) is 0. The Balaban J connectivity index is 1.84. The molecule has 2 aromatic carbocycles. The Morgan fingerprint density at radius 3 is 2.33 bits per heavy atom. The highest BCUT2D eigenvalue weighted by Crippen LogP contribution is 2.33. The van der Waals surface area contributed by atoms with Crippen LogP contribution in [0.1, 0.15) is 5.56 Å². The van der Waals surface area contributed by atoms with Gasteiger partial charge in [-0.25, -0.2) is 4.68 Å². The van der Waals surface area contributed by atoms with Crippen molar-refractivity contribution < 1.29 is 0 Å². The van der Waals surface area contributed by atoms with Crippen molar-refractivity contribution in [2.75, 3.05) is 31.1 Å². The molecule has 0 spiro atoms. The minimum atomic E-state index is 1.01. The van der Waals surface area contributed by atoms with Crippen LogP contribution in [0.3, 0.4) is 0 Å². The van der Waals surface area contributed by atoms with Gasteiger partial charge in [0, 0.05) is 31.7 Å². The fraction of sp³-hybridized carbons (Fsp3) is 0.250. The zero-order valence-electron chi connectivity index (χ0n) is 13.9. The predicted molar refractivity (Wildman–Crippen MR) is 98.8 cm³/mol. The van der Waals surface area contributed by atoms with Crippen molar-refractivity contribution in [1.82, 2.24) is 15.1 Å². The molecule has 0 atom stereocenters. The topological polar surface area (TPSA) is 33.1 Å². The molecule has 122 valence electrons. The molecule has 0 saturated carbocycles. The Kier molecular flexibility index (Phi) is 4.05. The van der Waals surface area contributed by atoms with Crippen LogP contribution in [0.25, 0.3) is 16.9 Å². The summed E-state index contributed by atoms with van der Waals surface area (Å²) in [5, 5.41) is 8.14. The van der Waals surface area contributed by atoms with E-state index in [1.807, 2.05) is 6.20 Å². The van der Waals surface area contributed by atoms with Crippen molar-refractivity contribution >= 4 is 5.69 Å². The van der Waals surface area contributed by atoms with Crippen molar-refractivity contribution in [1.29, 1.82) is 0 Å². The molecule has 4 rings (SSSR count). The quantitative estimate of drug-likeness (QED) is 0.805. The predicted octanol–water partition coefficient (Wildman–Crippen LogP) is 3.26. The van der Waals surface area contributed by atoms with E-state index in [0.717, 1.165) is 31.9 Å². The Morgan fingerprint density at radius 2 is 1.62 bits per heavy atom. The third-order valence-corrected chi connectivity index (χ3v) is 4.53. The molecule has 24 heavy (non-hydrogen) atoms. The van der Waals surface area contributed by atoms with E-state index in [9.17, 15) is 0 Å². The SMILES string of the molecule is Cc1ccc(-n2ncc(N3CCNCC3)c2-c2ccccc2)cc1. The van der Waals surface area contributed by atoms with Crippen LogP contribution < -0.4 is 10.2 Å². The van der Waals surface area contributed by atoms with E-state index in [4.69, 9.17) is 5.10 Å². The van der Waals surface area contributed by atoms with E-state index in [2.05, 4.69) is 76.4 Å². The highest BCUT2D eigenvalue weighted by molar-refractivity contribution is 5.77. The van der Waals surface area contributed by atoms with Crippen molar-refractivity contribution in [3.8, 4) is 16.9 Å². The number of aryl methyl sites for hydroxylation is 1. The Morgan fingerprint density at radius 1 is 0.917 bits per heavy atom. The number of nitrogens with zero attached hydrogens (tertiary/aromatic N) is 3. The Bertz CT molecular complexity index is 799. The number of hydrogen-bond acceptors (Lipinski definition) is 3. The first-order valence-electron chi connectivity index (χ1n) is 8.49. The largest absolute Gasteiger partial charge is 0.366 e. The number of benzene rings is 2. The highest BCUT2D eigenvalue weighted by atomic mass is 15.3. The van der Waals surface area contributed by atoms with Crippen molar-refractivity contribution in [3.05, 3.63) is 66.4 Å². The molecule has 1 saturated heterocycles. The number of nitrogens with one attached hydrogen (secondary N) is 1. The lowest BCUT2D eigenvalue weighted by Gasteiger charge is -2.29. The van der Waals surface area contributed by atoms with Gasteiger partial charge in [-0.2, -0.15) is 5.10 Å². The first-order chi connectivity index (χ1) is 11.8. The molecule has 0 radical (unpaired) electrons. The molecular formula is C20H22N4. The van der Waals surface area contributed by atoms with Gasteiger partial charge in [-0.3, -0.25) is 0 Å². The van der Waals surface area contributed by atoms with Gasteiger partial charge < -0.3 is 10.2 Å². The minimum absolute atomic E-state index is 1.01. The third kappa shape index (κ3) is 2.81. The molecule has 1 fully saturated rings. The standard InChI is InChI=1S/C20H22N4/c1-16-7-9-18(10-8-16)24-20(17-5-3-2-4-6-17)19(15-22-24)23-13-11-21-12-14-23/h2-10,15,21H,11-14H2,1H3. The summed E-state index contributed by atoms with van der Waals surface area (Å²) in [6.07, 6.45) is 2.01. The molecule has 4 heteroatoms. The summed E-state index contributed by atoms with van der Waals surface area (Å²) in [6, 6.07) is 19.1. The number of piperazine rings is 1. The smallest absolute Gasteiger partial charge is 0.0974 e. The van der Waals surface area contributed by atoms with Gasteiger partial charge in [-0.05, 0) is 19.1 Å². The van der Waals surface area contributed by atoms with E-state index in [1.54, 1.807) is 0 Å². The third-order valence-electron chi connectivity index (χ3n) is 4.53. The fourth-order valence-corrected chi connectivity index (χ4v) is 3.22. The monoisotopic (exact) mass is 318 g/mol. The molecule has 1 N–H and O–H groups in total. The van der Waals surface area contributed by atoms with Crippen LogP contribution >= 0.6 is 0 Å². The molecule has 4 nitrogen and oxygen atoms in total. The van der Waals surface area contributed by atoms with Crippen LogP contribution in [0.4, 0.5) is 5.69 Å². The second kappa shape index (κ2) is 6.49. The van der Waals surface area contributed by atoms with E-state index in [-0.39, 0.29) is 0 Å². The number of anilines is 1. The van der Waals surface area contributed by atoms with Crippen LogP contribution in [0, 0.1) is 6.92 Å². The first kappa shape index (κ1) is 15.0. The maximum Gasteiger partial charge on any atom is 0.0974 e. The molecule has 1 aliphatic heterocycles. The van der Waals surface area contributed by atoms with Crippen molar-refractivity contribution in [2.24, 2.45) is 0 Å². The van der Waals surface area contributed by atoms with Gasteiger partial charge in [-0.1, -0.05) is 48.0 Å². The molecule has 3 aromatic rings. The number of hydrogen-bond donors (Lipinski definition) is 1. The van der Waals surface area contributed by atoms with Crippen LogP contribution in [0.15, 0.2) is 60.8 Å². The van der Waals surface area contributed by atoms with Crippen LogP contribution in [0.5, 0.6) is 0 Å². The lowest BCUT2D eigenvalue weighted by Crippen LogP contribution is -2.43. The number of rotatable bonds is 3. The lowest BCUT2D eigenvalue weighted by atomic mass is 10.1. The zero-order valence-corrected chi connectivity index (χ0v) is 13.9. The average molecular weight is 318 g/mol. The molecule has 1 aromatic heterocycles. The minimum Gasteiger partial charge on any atom is -0.366 e. The summed E-state index contributed by atoms with van der Waals surface area (Å²) in [5.74, 6) is 0. The summed E-state index contributed by atoms with van der Waals surface area (Å²) in [6.45, 7) is 6.17. The first-order valence-corrected chi connectivity index (χ1v) is 8.49. The lowest BCUT2D eigenvalue weighted by molar-refractivity contribution is 0.589. The van der Waals surface area contributed by atoms with Gasteiger partial charge in [0.15, 0.2) is 0 Å². The van der Waals surface area contributed by atoms with Gasteiger partial charge in [0.25, 0.3) is 0 Å². The molecule has 0 unspecified atom stereocenters. The molecule has 2 heterocycles. The zero-order chi connectivity index (χ0) is 16.4. The van der Waals surface area contributed by atoms with Crippen LogP contribution in [0.2, 0.25) is 0 Å². The van der Waals surface area contributed by atoms with Gasteiger partial charge >= 0.3 is 0 Å². The van der Waals surface area contributed by atoms with E-state index in [1.165, 1.54) is 22.5 Å².